The van der Waals surface area contributed by atoms with Gasteiger partial charge in [-0.05, 0) is 49.2 Å². The minimum atomic E-state index is -3.51. The summed E-state index contributed by atoms with van der Waals surface area (Å²) in [6.45, 7) is 1.10. The first-order valence-corrected chi connectivity index (χ1v) is 10.6. The average Bonchev–Trinajstić information content (AvgIpc) is 3.33. The van der Waals surface area contributed by atoms with Gasteiger partial charge in [0.15, 0.2) is 0 Å². The molecule has 1 aliphatic rings. The van der Waals surface area contributed by atoms with E-state index in [4.69, 9.17) is 0 Å². The fourth-order valence-corrected chi connectivity index (χ4v) is 5.29. The molecule has 4 rings (SSSR count). The van der Waals surface area contributed by atoms with Gasteiger partial charge in [0, 0.05) is 24.3 Å². The maximum atomic E-state index is 12.7. The lowest BCUT2D eigenvalue weighted by atomic mass is 10.2. The molecular weight excluding hydrogens is 370 g/mol. The molecule has 0 bridgehead atoms. The van der Waals surface area contributed by atoms with E-state index in [-0.39, 0.29) is 10.8 Å². The van der Waals surface area contributed by atoms with E-state index < -0.39 is 10.0 Å². The van der Waals surface area contributed by atoms with Crippen LogP contribution in [0.25, 0.3) is 10.2 Å². The number of sulfonamides is 1. The first-order chi connectivity index (χ1) is 12.5. The Hall–Kier alpha value is -2.29. The van der Waals surface area contributed by atoms with Crippen LogP contribution in [0.15, 0.2) is 52.9 Å². The summed E-state index contributed by atoms with van der Waals surface area (Å²) in [5.41, 5.74) is 3.55. The maximum Gasteiger partial charge on any atom is 0.255 e. The predicted molar refractivity (Wildman–Crippen MR) is 102 cm³/mol. The van der Waals surface area contributed by atoms with Gasteiger partial charge in [-0.25, -0.2) is 13.4 Å². The topological polar surface area (TPSA) is 79.4 Å². The molecule has 0 atom stereocenters. The van der Waals surface area contributed by atoms with Gasteiger partial charge in [-0.15, -0.1) is 11.3 Å². The lowest BCUT2D eigenvalue weighted by Crippen LogP contribution is -2.27. The molecule has 134 valence electrons. The molecule has 1 aromatic heterocycles. The molecule has 0 unspecified atom stereocenters. The van der Waals surface area contributed by atoms with E-state index in [1.54, 1.807) is 41.9 Å². The van der Waals surface area contributed by atoms with Crippen LogP contribution in [-0.2, 0) is 10.0 Å². The van der Waals surface area contributed by atoms with Gasteiger partial charge in [0.2, 0.25) is 10.0 Å². The number of fused-ring (bicyclic) bond motifs is 1. The number of hydrogen-bond donors (Lipinski definition) is 1. The molecule has 26 heavy (non-hydrogen) atoms. The van der Waals surface area contributed by atoms with Crippen LogP contribution >= 0.6 is 11.3 Å². The molecule has 1 saturated heterocycles. The summed E-state index contributed by atoms with van der Waals surface area (Å²) in [4.78, 5) is 16.9. The number of anilines is 1. The molecule has 2 heterocycles. The molecule has 6 nitrogen and oxygen atoms in total. The molecule has 1 N–H and O–H groups in total. The Morgan fingerprint density at radius 3 is 2.73 bits per heavy atom. The highest BCUT2D eigenvalue weighted by atomic mass is 32.2. The lowest BCUT2D eigenvalue weighted by molar-refractivity contribution is 0.102. The lowest BCUT2D eigenvalue weighted by Gasteiger charge is -2.16. The quantitative estimate of drug-likeness (QED) is 0.745. The zero-order chi connectivity index (χ0) is 18.1. The number of thiazole rings is 1. The molecule has 0 spiro atoms. The van der Waals surface area contributed by atoms with Crippen molar-refractivity contribution in [2.75, 3.05) is 18.4 Å². The van der Waals surface area contributed by atoms with E-state index in [9.17, 15) is 13.2 Å². The monoisotopic (exact) mass is 387 g/mol. The first-order valence-electron chi connectivity index (χ1n) is 8.29. The number of carbonyl (C=O) groups is 1. The van der Waals surface area contributed by atoms with Crippen molar-refractivity contribution in [1.29, 1.82) is 0 Å². The highest BCUT2D eigenvalue weighted by Gasteiger charge is 2.27. The molecule has 1 fully saturated rings. The summed E-state index contributed by atoms with van der Waals surface area (Å²) in [6, 6.07) is 11.7. The highest BCUT2D eigenvalue weighted by molar-refractivity contribution is 7.89. The van der Waals surface area contributed by atoms with Crippen LogP contribution in [0.3, 0.4) is 0 Å². The van der Waals surface area contributed by atoms with Crippen LogP contribution in [0.1, 0.15) is 23.2 Å². The average molecular weight is 387 g/mol. The van der Waals surface area contributed by atoms with Gasteiger partial charge in [0.1, 0.15) is 0 Å². The molecule has 0 radical (unpaired) electrons. The molecular formula is C18H17N3O3S2. The van der Waals surface area contributed by atoms with Crippen molar-refractivity contribution in [2.45, 2.75) is 17.7 Å². The molecule has 0 saturated carbocycles. The van der Waals surface area contributed by atoms with E-state index in [0.29, 0.717) is 24.3 Å². The Morgan fingerprint density at radius 1 is 1.12 bits per heavy atom. The third kappa shape index (κ3) is 3.23. The third-order valence-electron chi connectivity index (χ3n) is 4.39. The van der Waals surface area contributed by atoms with E-state index in [2.05, 4.69) is 10.3 Å². The standard InChI is InChI=1S/C18H17N3O3S2/c22-18(13-6-7-16-17(10-13)25-12-19-16)20-14-4-3-5-15(11-14)26(23,24)21-8-1-2-9-21/h3-7,10-12H,1-2,8-9H2,(H,20,22). The number of nitrogens with one attached hydrogen (secondary N) is 1. The molecule has 8 heteroatoms. The molecule has 0 aliphatic carbocycles. The summed E-state index contributed by atoms with van der Waals surface area (Å²) < 4.78 is 27.8. The minimum Gasteiger partial charge on any atom is -0.322 e. The third-order valence-corrected chi connectivity index (χ3v) is 7.07. The number of hydrogen-bond acceptors (Lipinski definition) is 5. The summed E-state index contributed by atoms with van der Waals surface area (Å²) >= 11 is 1.47. The van der Waals surface area contributed by atoms with Gasteiger partial charge in [0.05, 0.1) is 20.6 Å². The number of aromatic nitrogens is 1. The summed E-state index contributed by atoms with van der Waals surface area (Å²) in [6.07, 6.45) is 1.77. The number of carbonyl (C=O) groups excluding carboxylic acids is 1. The van der Waals surface area contributed by atoms with Crippen LogP contribution in [0.4, 0.5) is 5.69 Å². The van der Waals surface area contributed by atoms with Crippen LogP contribution in [0.2, 0.25) is 0 Å². The van der Waals surface area contributed by atoms with Crippen molar-refractivity contribution in [3.05, 3.63) is 53.5 Å². The van der Waals surface area contributed by atoms with Crippen molar-refractivity contribution < 1.29 is 13.2 Å². The van der Waals surface area contributed by atoms with Crippen LogP contribution in [-0.4, -0.2) is 36.7 Å². The van der Waals surface area contributed by atoms with Crippen LogP contribution < -0.4 is 5.32 Å². The Balaban J connectivity index is 1.57. The van der Waals surface area contributed by atoms with Crippen molar-refractivity contribution in [3.8, 4) is 0 Å². The first kappa shape index (κ1) is 17.1. The summed E-state index contributed by atoms with van der Waals surface area (Å²) in [7, 11) is -3.51. The van der Waals surface area contributed by atoms with Gasteiger partial charge < -0.3 is 5.32 Å². The minimum absolute atomic E-state index is 0.204. The highest BCUT2D eigenvalue weighted by Crippen LogP contribution is 2.24. The van der Waals surface area contributed by atoms with Crippen LogP contribution in [0, 0.1) is 0 Å². The van der Waals surface area contributed by atoms with Crippen molar-refractivity contribution in [1.82, 2.24) is 9.29 Å². The van der Waals surface area contributed by atoms with Gasteiger partial charge in [-0.2, -0.15) is 4.31 Å². The van der Waals surface area contributed by atoms with Crippen molar-refractivity contribution in [3.63, 3.8) is 0 Å². The second-order valence-corrected chi connectivity index (χ2v) is 8.95. The largest absolute Gasteiger partial charge is 0.322 e. The zero-order valence-electron chi connectivity index (χ0n) is 13.9. The van der Waals surface area contributed by atoms with Gasteiger partial charge >= 0.3 is 0 Å². The fourth-order valence-electron chi connectivity index (χ4n) is 3.01. The van der Waals surface area contributed by atoms with Gasteiger partial charge in [0.25, 0.3) is 5.91 Å². The number of rotatable bonds is 4. The van der Waals surface area contributed by atoms with Gasteiger partial charge in [-0.1, -0.05) is 6.07 Å². The predicted octanol–water partition coefficient (Wildman–Crippen LogP) is 3.33. The summed E-state index contributed by atoms with van der Waals surface area (Å²) in [5.74, 6) is -0.281. The Kier molecular flexibility index (Phi) is 4.47. The Bertz CT molecular complexity index is 1070. The zero-order valence-corrected chi connectivity index (χ0v) is 15.5. The SMILES string of the molecule is O=C(Nc1cccc(S(=O)(=O)N2CCCC2)c1)c1ccc2ncsc2c1. The maximum absolute atomic E-state index is 12.7. The van der Waals surface area contributed by atoms with Gasteiger partial charge in [-0.3, -0.25) is 4.79 Å². The number of benzene rings is 2. The van der Waals surface area contributed by atoms with Crippen LogP contribution in [0.5, 0.6) is 0 Å². The molecule has 1 amide bonds. The number of nitrogens with zero attached hydrogens (tertiary/aromatic N) is 2. The normalized spacial score (nSPS) is 15.4. The molecule has 3 aromatic rings. The van der Waals surface area contributed by atoms with Crippen molar-refractivity contribution >= 4 is 43.2 Å². The summed E-state index contributed by atoms with van der Waals surface area (Å²) in [5, 5.41) is 2.78. The van der Waals surface area contributed by atoms with Crippen molar-refractivity contribution in [2.24, 2.45) is 0 Å². The second kappa shape index (κ2) is 6.79. The van der Waals surface area contributed by atoms with E-state index >= 15 is 0 Å². The van der Waals surface area contributed by atoms with E-state index in [0.717, 1.165) is 23.1 Å². The molecule has 1 aliphatic heterocycles. The fraction of sp³-hybridized carbons (Fsp3) is 0.222. The second-order valence-electron chi connectivity index (χ2n) is 6.13. The number of amides is 1. The Morgan fingerprint density at radius 2 is 1.92 bits per heavy atom. The van der Waals surface area contributed by atoms with E-state index in [1.807, 2.05) is 0 Å². The smallest absolute Gasteiger partial charge is 0.255 e. The van der Waals surface area contributed by atoms with E-state index in [1.165, 1.54) is 21.7 Å². The molecule has 2 aromatic carbocycles. The Labute approximate surface area is 155 Å².